The Kier molecular flexibility index (Phi) is 0.717. The first-order valence-corrected chi connectivity index (χ1v) is 5.37. The molecule has 0 radical (unpaired) electrons. The summed E-state index contributed by atoms with van der Waals surface area (Å²) < 4.78 is 0. The molecule has 0 amide bonds. The van der Waals surface area contributed by atoms with Crippen molar-refractivity contribution in [3.05, 3.63) is 0 Å². The summed E-state index contributed by atoms with van der Waals surface area (Å²) in [5.41, 5.74) is 0.966. The van der Waals surface area contributed by atoms with Gasteiger partial charge in [0.1, 0.15) is 0 Å². The van der Waals surface area contributed by atoms with Gasteiger partial charge in [0, 0.05) is 0 Å². The van der Waals surface area contributed by atoms with Gasteiger partial charge in [0.25, 0.3) is 0 Å². The molecule has 0 heterocycles. The Labute approximate surface area is 68.4 Å². The minimum atomic E-state index is 0.966. The van der Waals surface area contributed by atoms with Gasteiger partial charge < -0.3 is 0 Å². The molecule has 1 spiro atoms. The Morgan fingerprint density at radius 2 is 1.36 bits per heavy atom. The molecule has 0 saturated heterocycles. The first-order valence-electron chi connectivity index (χ1n) is 5.37. The van der Waals surface area contributed by atoms with Gasteiger partial charge in [-0.3, -0.25) is 0 Å². The van der Waals surface area contributed by atoms with Crippen LogP contribution in [0.3, 0.4) is 0 Å². The first-order chi connectivity index (χ1) is 5.37. The molecule has 0 aliphatic heterocycles. The molecule has 3 bridgehead atoms. The molecule has 4 aliphatic rings. The number of hydrogen-bond donors (Lipinski definition) is 0. The van der Waals surface area contributed by atoms with Crippen LogP contribution in [0.1, 0.15) is 38.5 Å². The van der Waals surface area contributed by atoms with Crippen molar-refractivity contribution in [2.24, 2.45) is 29.1 Å². The second-order valence-corrected chi connectivity index (χ2v) is 5.71. The van der Waals surface area contributed by atoms with Gasteiger partial charge in [0.05, 0.1) is 0 Å². The average molecular weight is 148 g/mol. The van der Waals surface area contributed by atoms with Gasteiger partial charge in [-0.05, 0) is 67.6 Å². The zero-order valence-electron chi connectivity index (χ0n) is 7.05. The Morgan fingerprint density at radius 3 is 2.00 bits per heavy atom. The fourth-order valence-corrected chi connectivity index (χ4v) is 5.27. The molecule has 4 saturated carbocycles. The van der Waals surface area contributed by atoms with E-state index in [-0.39, 0.29) is 0 Å². The van der Waals surface area contributed by atoms with Crippen LogP contribution in [0.2, 0.25) is 0 Å². The van der Waals surface area contributed by atoms with E-state index in [9.17, 15) is 0 Å². The zero-order valence-corrected chi connectivity index (χ0v) is 7.05. The lowest BCUT2D eigenvalue weighted by molar-refractivity contribution is 0.000659. The topological polar surface area (TPSA) is 0 Å². The van der Waals surface area contributed by atoms with Crippen molar-refractivity contribution in [2.75, 3.05) is 0 Å². The minimum absolute atomic E-state index is 0.966. The molecule has 0 N–H and O–H groups in total. The summed E-state index contributed by atoms with van der Waals surface area (Å²) in [5.74, 6) is 4.80. The summed E-state index contributed by atoms with van der Waals surface area (Å²) in [6.07, 6.45) is 9.82. The van der Waals surface area contributed by atoms with Gasteiger partial charge in [-0.1, -0.05) is 0 Å². The van der Waals surface area contributed by atoms with Crippen LogP contribution in [0.25, 0.3) is 0 Å². The van der Waals surface area contributed by atoms with Crippen LogP contribution in [0.4, 0.5) is 0 Å². The molecule has 4 aliphatic carbocycles. The molecule has 4 rings (SSSR count). The summed E-state index contributed by atoms with van der Waals surface area (Å²) in [6, 6.07) is 0. The summed E-state index contributed by atoms with van der Waals surface area (Å²) in [4.78, 5) is 0. The van der Waals surface area contributed by atoms with Crippen LogP contribution >= 0.6 is 0 Å². The van der Waals surface area contributed by atoms with E-state index >= 15 is 0 Å². The summed E-state index contributed by atoms with van der Waals surface area (Å²) >= 11 is 0. The smallest absolute Gasteiger partial charge is 0.0235 e. The van der Waals surface area contributed by atoms with Gasteiger partial charge in [-0.25, -0.2) is 0 Å². The van der Waals surface area contributed by atoms with E-state index in [0.29, 0.717) is 0 Å². The monoisotopic (exact) mass is 148 g/mol. The maximum absolute atomic E-state index is 1.65. The highest BCUT2D eigenvalue weighted by molar-refractivity contribution is 5.15. The zero-order chi connectivity index (χ0) is 7.05. The maximum Gasteiger partial charge on any atom is -0.0235 e. The minimum Gasteiger partial charge on any atom is -0.0475 e. The third kappa shape index (κ3) is 0.443. The molecular formula is C11H16. The molecule has 0 aromatic rings. The van der Waals surface area contributed by atoms with E-state index in [1.54, 1.807) is 38.5 Å². The maximum atomic E-state index is 1.65. The predicted molar refractivity (Wildman–Crippen MR) is 44.1 cm³/mol. The van der Waals surface area contributed by atoms with Crippen molar-refractivity contribution in [1.29, 1.82) is 0 Å². The van der Waals surface area contributed by atoms with Crippen LogP contribution in [0.15, 0.2) is 0 Å². The fourth-order valence-electron chi connectivity index (χ4n) is 5.27. The normalized spacial score (nSPS) is 69.8. The molecular weight excluding hydrogens is 132 g/mol. The van der Waals surface area contributed by atoms with Crippen molar-refractivity contribution in [3.63, 3.8) is 0 Å². The second-order valence-electron chi connectivity index (χ2n) is 5.71. The number of fused-ring (bicyclic) bond motifs is 2. The van der Waals surface area contributed by atoms with E-state index in [2.05, 4.69) is 0 Å². The number of hydrogen-bond acceptors (Lipinski definition) is 0. The van der Waals surface area contributed by atoms with Crippen molar-refractivity contribution >= 4 is 0 Å². The van der Waals surface area contributed by atoms with Gasteiger partial charge >= 0.3 is 0 Å². The van der Waals surface area contributed by atoms with E-state index in [4.69, 9.17) is 0 Å². The molecule has 0 aromatic heterocycles. The Balaban J connectivity index is 1.89. The first kappa shape index (κ1) is 5.61. The fraction of sp³-hybridized carbons (Fsp3) is 1.00. The van der Waals surface area contributed by atoms with Gasteiger partial charge in [-0.15, -0.1) is 0 Å². The Hall–Kier alpha value is 0. The van der Waals surface area contributed by atoms with Crippen LogP contribution in [0.5, 0.6) is 0 Å². The predicted octanol–water partition coefficient (Wildman–Crippen LogP) is 2.83. The standard InChI is InChI=1S/C11H16/c1-7-2-9-4-10-3-8(1)6-11(9,10)5-7/h7-10H,1-6H2/t7-,8-,9+,10?,11?/m0/s1. The lowest BCUT2D eigenvalue weighted by atomic mass is 9.56. The van der Waals surface area contributed by atoms with E-state index < -0.39 is 0 Å². The van der Waals surface area contributed by atoms with Gasteiger partial charge in [0.2, 0.25) is 0 Å². The summed E-state index contributed by atoms with van der Waals surface area (Å²) in [7, 11) is 0. The summed E-state index contributed by atoms with van der Waals surface area (Å²) in [5, 5.41) is 0. The highest BCUT2D eigenvalue weighted by Gasteiger charge is 2.66. The third-order valence-corrected chi connectivity index (χ3v) is 5.43. The molecule has 0 heteroatoms. The van der Waals surface area contributed by atoms with Crippen molar-refractivity contribution in [1.82, 2.24) is 0 Å². The van der Waals surface area contributed by atoms with Crippen molar-refractivity contribution < 1.29 is 0 Å². The molecule has 0 nitrogen and oxygen atoms in total. The highest BCUT2D eigenvalue weighted by Crippen LogP contribution is 2.75. The van der Waals surface area contributed by atoms with E-state index in [1.165, 1.54) is 23.7 Å². The Morgan fingerprint density at radius 1 is 0.727 bits per heavy atom. The van der Waals surface area contributed by atoms with Gasteiger partial charge in [-0.2, -0.15) is 0 Å². The molecule has 5 atom stereocenters. The SMILES string of the molecule is C1C2C[C@H]3C[C@@H]4C[C@@H]1CC23C4. The molecule has 2 unspecified atom stereocenters. The quantitative estimate of drug-likeness (QED) is 0.495. The lowest BCUT2D eigenvalue weighted by Crippen LogP contribution is -2.41. The van der Waals surface area contributed by atoms with Crippen LogP contribution in [-0.4, -0.2) is 0 Å². The van der Waals surface area contributed by atoms with Gasteiger partial charge in [0.15, 0.2) is 0 Å². The molecule has 60 valence electrons. The average Bonchev–Trinajstić information content (AvgIpc) is 2.28. The van der Waals surface area contributed by atoms with Crippen LogP contribution < -0.4 is 0 Å². The molecule has 11 heavy (non-hydrogen) atoms. The number of rotatable bonds is 0. The highest BCUT2D eigenvalue weighted by atomic mass is 14.7. The third-order valence-electron chi connectivity index (χ3n) is 5.43. The van der Waals surface area contributed by atoms with Crippen molar-refractivity contribution in [2.45, 2.75) is 38.5 Å². The largest absolute Gasteiger partial charge is 0.0475 e. The van der Waals surface area contributed by atoms with E-state index in [1.807, 2.05) is 0 Å². The lowest BCUT2D eigenvalue weighted by Gasteiger charge is -2.49. The van der Waals surface area contributed by atoms with E-state index in [0.717, 1.165) is 5.41 Å². The van der Waals surface area contributed by atoms with Crippen LogP contribution in [-0.2, 0) is 0 Å². The Bertz CT molecular complexity index is 192. The summed E-state index contributed by atoms with van der Waals surface area (Å²) in [6.45, 7) is 0. The van der Waals surface area contributed by atoms with Crippen molar-refractivity contribution in [3.8, 4) is 0 Å². The van der Waals surface area contributed by atoms with Crippen LogP contribution in [0, 0.1) is 29.1 Å². The molecule has 4 fully saturated rings. The molecule has 0 aromatic carbocycles. The second kappa shape index (κ2) is 1.41.